The first-order chi connectivity index (χ1) is 6.18. The number of halogens is 1. The maximum absolute atomic E-state index is 12.8. The molecule has 1 aliphatic rings. The fourth-order valence-electron chi connectivity index (χ4n) is 1.75. The van der Waals surface area contributed by atoms with Crippen LogP contribution >= 0.6 is 0 Å². The fraction of sp³-hybridized carbons (Fsp3) is 0.364. The Labute approximate surface area is 76.6 Å². The number of rotatable bonds is 2. The summed E-state index contributed by atoms with van der Waals surface area (Å²) in [5.74, 6) is 0.413. The standard InChI is InChI=1S/C11H11FO/c1-7(13)10-6-11(10)8-3-2-4-9(12)5-8/h2-5,10-11H,6H2,1H3/t10-,11+/m0/s1. The van der Waals surface area contributed by atoms with Crippen LogP contribution < -0.4 is 0 Å². The van der Waals surface area contributed by atoms with E-state index in [2.05, 4.69) is 0 Å². The minimum absolute atomic E-state index is 0.141. The molecular weight excluding hydrogens is 167 g/mol. The van der Waals surface area contributed by atoms with Gasteiger partial charge in [-0.05, 0) is 37.0 Å². The molecular formula is C11H11FO. The number of hydrogen-bond donors (Lipinski definition) is 0. The predicted octanol–water partition coefficient (Wildman–Crippen LogP) is 2.52. The van der Waals surface area contributed by atoms with Gasteiger partial charge >= 0.3 is 0 Å². The van der Waals surface area contributed by atoms with E-state index >= 15 is 0 Å². The Bertz CT molecular complexity index is 346. The minimum Gasteiger partial charge on any atom is -0.300 e. The van der Waals surface area contributed by atoms with Gasteiger partial charge in [-0.2, -0.15) is 0 Å². The average molecular weight is 178 g/mol. The number of carbonyl (C=O) groups is 1. The van der Waals surface area contributed by atoms with Gasteiger partial charge in [0.1, 0.15) is 11.6 Å². The van der Waals surface area contributed by atoms with Crippen molar-refractivity contribution in [3.05, 3.63) is 35.6 Å². The van der Waals surface area contributed by atoms with E-state index in [1.807, 2.05) is 6.07 Å². The normalized spacial score (nSPS) is 25.7. The van der Waals surface area contributed by atoms with E-state index in [4.69, 9.17) is 0 Å². The zero-order valence-corrected chi connectivity index (χ0v) is 7.46. The molecule has 1 fully saturated rings. The Morgan fingerprint density at radius 2 is 2.31 bits per heavy atom. The zero-order valence-electron chi connectivity index (χ0n) is 7.46. The molecule has 1 saturated carbocycles. The van der Waals surface area contributed by atoms with Gasteiger partial charge in [0.05, 0.1) is 0 Å². The second-order valence-electron chi connectivity index (χ2n) is 3.61. The highest BCUT2D eigenvalue weighted by Crippen LogP contribution is 2.47. The number of hydrogen-bond acceptors (Lipinski definition) is 1. The maximum atomic E-state index is 12.8. The maximum Gasteiger partial charge on any atom is 0.133 e. The van der Waals surface area contributed by atoms with Crippen LogP contribution in [0.1, 0.15) is 24.8 Å². The van der Waals surface area contributed by atoms with Crippen LogP contribution in [0.15, 0.2) is 24.3 Å². The number of ketones is 1. The molecule has 2 heteroatoms. The molecule has 1 aromatic rings. The van der Waals surface area contributed by atoms with Crippen LogP contribution in [-0.2, 0) is 4.79 Å². The van der Waals surface area contributed by atoms with Crippen molar-refractivity contribution in [2.75, 3.05) is 0 Å². The van der Waals surface area contributed by atoms with Gasteiger partial charge in [0.15, 0.2) is 0 Å². The molecule has 0 radical (unpaired) electrons. The van der Waals surface area contributed by atoms with Crippen molar-refractivity contribution in [2.24, 2.45) is 5.92 Å². The van der Waals surface area contributed by atoms with Crippen LogP contribution in [0.4, 0.5) is 4.39 Å². The highest BCUT2D eigenvalue weighted by Gasteiger charge is 2.41. The highest BCUT2D eigenvalue weighted by atomic mass is 19.1. The molecule has 1 aliphatic carbocycles. The molecule has 68 valence electrons. The fourth-order valence-corrected chi connectivity index (χ4v) is 1.75. The lowest BCUT2D eigenvalue weighted by atomic mass is 10.1. The molecule has 2 rings (SSSR count). The van der Waals surface area contributed by atoms with Crippen LogP contribution in [0.2, 0.25) is 0 Å². The highest BCUT2D eigenvalue weighted by molar-refractivity contribution is 5.82. The van der Waals surface area contributed by atoms with Gasteiger partial charge in [-0.25, -0.2) is 4.39 Å². The van der Waals surface area contributed by atoms with Crippen molar-refractivity contribution in [2.45, 2.75) is 19.3 Å². The summed E-state index contributed by atoms with van der Waals surface area (Å²) in [7, 11) is 0. The molecule has 1 nitrogen and oxygen atoms in total. The van der Waals surface area contributed by atoms with Crippen molar-refractivity contribution in [3.63, 3.8) is 0 Å². The Morgan fingerprint density at radius 1 is 1.54 bits per heavy atom. The van der Waals surface area contributed by atoms with Crippen LogP contribution in [0.5, 0.6) is 0 Å². The summed E-state index contributed by atoms with van der Waals surface area (Å²) >= 11 is 0. The molecule has 0 amide bonds. The van der Waals surface area contributed by atoms with Gasteiger partial charge in [-0.3, -0.25) is 4.79 Å². The Hall–Kier alpha value is -1.18. The second-order valence-corrected chi connectivity index (χ2v) is 3.61. The van der Waals surface area contributed by atoms with Crippen molar-refractivity contribution >= 4 is 5.78 Å². The summed E-state index contributed by atoms with van der Waals surface area (Å²) in [5, 5.41) is 0. The van der Waals surface area contributed by atoms with E-state index in [0.29, 0.717) is 0 Å². The molecule has 0 aliphatic heterocycles. The Morgan fingerprint density at radius 3 is 2.85 bits per heavy atom. The summed E-state index contributed by atoms with van der Waals surface area (Å²) in [6, 6.07) is 6.53. The van der Waals surface area contributed by atoms with Crippen molar-refractivity contribution in [3.8, 4) is 0 Å². The van der Waals surface area contributed by atoms with E-state index in [-0.39, 0.29) is 23.4 Å². The summed E-state index contributed by atoms with van der Waals surface area (Å²) < 4.78 is 12.8. The number of Topliss-reactive ketones (excluding diaryl/α,β-unsaturated/α-hetero) is 1. The predicted molar refractivity (Wildman–Crippen MR) is 47.9 cm³/mol. The Kier molecular flexibility index (Phi) is 1.91. The van der Waals surface area contributed by atoms with E-state index in [9.17, 15) is 9.18 Å². The van der Waals surface area contributed by atoms with Gasteiger partial charge in [0.2, 0.25) is 0 Å². The summed E-state index contributed by atoms with van der Waals surface area (Å²) in [6.45, 7) is 1.60. The van der Waals surface area contributed by atoms with E-state index in [1.54, 1.807) is 13.0 Å². The molecule has 0 bridgehead atoms. The SMILES string of the molecule is CC(=O)[C@@H]1C[C@@H]1c1cccc(F)c1. The number of carbonyl (C=O) groups excluding carboxylic acids is 1. The minimum atomic E-state index is -0.216. The molecule has 0 heterocycles. The number of benzene rings is 1. The topological polar surface area (TPSA) is 17.1 Å². The monoisotopic (exact) mass is 178 g/mol. The van der Waals surface area contributed by atoms with Crippen LogP contribution in [-0.4, -0.2) is 5.78 Å². The largest absolute Gasteiger partial charge is 0.300 e. The van der Waals surface area contributed by atoms with Crippen molar-refractivity contribution < 1.29 is 9.18 Å². The average Bonchev–Trinajstić information content (AvgIpc) is 2.82. The van der Waals surface area contributed by atoms with E-state index in [0.717, 1.165) is 12.0 Å². The van der Waals surface area contributed by atoms with Gasteiger partial charge in [-0.15, -0.1) is 0 Å². The van der Waals surface area contributed by atoms with Gasteiger partial charge in [0.25, 0.3) is 0 Å². The smallest absolute Gasteiger partial charge is 0.133 e. The van der Waals surface area contributed by atoms with E-state index in [1.165, 1.54) is 12.1 Å². The third-order valence-corrected chi connectivity index (χ3v) is 2.59. The van der Waals surface area contributed by atoms with Crippen molar-refractivity contribution in [1.82, 2.24) is 0 Å². The molecule has 0 unspecified atom stereocenters. The molecule has 1 aromatic carbocycles. The van der Waals surface area contributed by atoms with E-state index < -0.39 is 0 Å². The lowest BCUT2D eigenvalue weighted by Crippen LogP contribution is -1.94. The van der Waals surface area contributed by atoms with Crippen LogP contribution in [0.3, 0.4) is 0 Å². The quantitative estimate of drug-likeness (QED) is 0.680. The molecule has 0 saturated heterocycles. The lowest BCUT2D eigenvalue weighted by Gasteiger charge is -1.97. The first-order valence-corrected chi connectivity index (χ1v) is 4.44. The van der Waals surface area contributed by atoms with Gasteiger partial charge < -0.3 is 0 Å². The first-order valence-electron chi connectivity index (χ1n) is 4.44. The molecule has 0 spiro atoms. The summed E-state index contributed by atoms with van der Waals surface area (Å²) in [5.41, 5.74) is 0.959. The lowest BCUT2D eigenvalue weighted by molar-refractivity contribution is -0.118. The summed E-state index contributed by atoms with van der Waals surface area (Å²) in [6.07, 6.45) is 0.888. The molecule has 0 N–H and O–H groups in total. The van der Waals surface area contributed by atoms with Crippen LogP contribution in [0, 0.1) is 11.7 Å². The first kappa shape index (κ1) is 8.42. The molecule has 13 heavy (non-hydrogen) atoms. The Balaban J connectivity index is 2.16. The van der Waals surface area contributed by atoms with Gasteiger partial charge in [0, 0.05) is 5.92 Å². The zero-order chi connectivity index (χ0) is 9.42. The molecule has 0 aromatic heterocycles. The third kappa shape index (κ3) is 1.62. The molecule has 2 atom stereocenters. The van der Waals surface area contributed by atoms with Gasteiger partial charge in [-0.1, -0.05) is 12.1 Å². The summed E-state index contributed by atoms with van der Waals surface area (Å²) in [4.78, 5) is 11.0. The van der Waals surface area contributed by atoms with Crippen molar-refractivity contribution in [1.29, 1.82) is 0 Å². The third-order valence-electron chi connectivity index (χ3n) is 2.59. The van der Waals surface area contributed by atoms with Crippen LogP contribution in [0.25, 0.3) is 0 Å². The second kappa shape index (κ2) is 2.95.